The maximum absolute atomic E-state index is 9.36. The van der Waals surface area contributed by atoms with Crippen molar-refractivity contribution >= 4 is 0 Å². The van der Waals surface area contributed by atoms with Crippen molar-refractivity contribution in [3.8, 4) is 17.6 Å². The van der Waals surface area contributed by atoms with Gasteiger partial charge in [-0.1, -0.05) is 6.07 Å². The summed E-state index contributed by atoms with van der Waals surface area (Å²) in [5.41, 5.74) is -0.769. The Balaban J connectivity index is 2.11. The lowest BCUT2D eigenvalue weighted by atomic mass is 9.96. The highest BCUT2D eigenvalue weighted by Crippen LogP contribution is 2.29. The summed E-state index contributed by atoms with van der Waals surface area (Å²) in [6, 6.07) is 9.72. The van der Waals surface area contributed by atoms with Crippen LogP contribution < -0.4 is 9.47 Å². The molecule has 0 aliphatic carbocycles. The first-order chi connectivity index (χ1) is 9.13. The third-order valence-corrected chi connectivity index (χ3v) is 2.99. The third kappa shape index (κ3) is 3.62. The van der Waals surface area contributed by atoms with Crippen LogP contribution in [0.25, 0.3) is 0 Å². The van der Waals surface area contributed by atoms with E-state index < -0.39 is 5.60 Å². The minimum Gasteiger partial charge on any atom is -0.491 e. The summed E-state index contributed by atoms with van der Waals surface area (Å²) >= 11 is 0. The van der Waals surface area contributed by atoms with Crippen LogP contribution in [0.2, 0.25) is 0 Å². The monoisotopic (exact) mass is 261 g/mol. The van der Waals surface area contributed by atoms with Crippen LogP contribution in [0.1, 0.15) is 26.7 Å². The van der Waals surface area contributed by atoms with Gasteiger partial charge in [0.2, 0.25) is 0 Å². The number of hydrogen-bond acceptors (Lipinski definition) is 4. The number of ether oxygens (including phenoxy) is 3. The van der Waals surface area contributed by atoms with Crippen LogP contribution >= 0.6 is 0 Å². The molecule has 0 spiro atoms. The molecule has 0 saturated carbocycles. The molecule has 0 unspecified atom stereocenters. The summed E-state index contributed by atoms with van der Waals surface area (Å²) in [5.74, 6) is 1.43. The van der Waals surface area contributed by atoms with Gasteiger partial charge in [-0.15, -0.1) is 0 Å². The molecule has 1 aromatic rings. The first-order valence-electron chi connectivity index (χ1n) is 6.58. The van der Waals surface area contributed by atoms with Crippen LogP contribution in [0, 0.1) is 11.3 Å². The summed E-state index contributed by atoms with van der Waals surface area (Å²) < 4.78 is 16.8. The van der Waals surface area contributed by atoms with E-state index in [2.05, 4.69) is 6.07 Å². The highest BCUT2D eigenvalue weighted by atomic mass is 16.5. The minimum absolute atomic E-state index is 0.114. The lowest BCUT2D eigenvalue weighted by Gasteiger charge is -2.31. The topological polar surface area (TPSA) is 51.5 Å². The van der Waals surface area contributed by atoms with E-state index in [9.17, 15) is 5.26 Å². The van der Waals surface area contributed by atoms with E-state index in [0.717, 1.165) is 5.75 Å². The number of rotatable bonds is 4. The fraction of sp³-hybridized carbons (Fsp3) is 0.533. The lowest BCUT2D eigenvalue weighted by molar-refractivity contribution is -0.0124. The summed E-state index contributed by atoms with van der Waals surface area (Å²) in [7, 11) is 0. The van der Waals surface area contributed by atoms with E-state index in [1.54, 1.807) is 0 Å². The van der Waals surface area contributed by atoms with Crippen LogP contribution in [0.3, 0.4) is 0 Å². The van der Waals surface area contributed by atoms with Crippen molar-refractivity contribution in [2.24, 2.45) is 0 Å². The average molecular weight is 261 g/mol. The molecule has 1 heterocycles. The predicted molar refractivity (Wildman–Crippen MR) is 71.2 cm³/mol. The van der Waals surface area contributed by atoms with Gasteiger partial charge in [0.05, 0.1) is 19.3 Å². The zero-order valence-corrected chi connectivity index (χ0v) is 11.4. The Hall–Kier alpha value is -1.73. The van der Waals surface area contributed by atoms with Crippen LogP contribution in [0.4, 0.5) is 0 Å². The van der Waals surface area contributed by atoms with Gasteiger partial charge in [0.15, 0.2) is 5.60 Å². The van der Waals surface area contributed by atoms with E-state index in [1.165, 1.54) is 0 Å². The zero-order valence-electron chi connectivity index (χ0n) is 11.4. The van der Waals surface area contributed by atoms with E-state index in [-0.39, 0.29) is 6.10 Å². The first kappa shape index (κ1) is 13.7. The molecule has 102 valence electrons. The van der Waals surface area contributed by atoms with Gasteiger partial charge in [-0.25, -0.2) is 0 Å². The minimum atomic E-state index is -0.769. The largest absolute Gasteiger partial charge is 0.491 e. The highest BCUT2D eigenvalue weighted by Gasteiger charge is 2.35. The zero-order chi connectivity index (χ0) is 13.7. The summed E-state index contributed by atoms with van der Waals surface area (Å²) in [5, 5.41) is 9.36. The quantitative estimate of drug-likeness (QED) is 0.836. The highest BCUT2D eigenvalue weighted by molar-refractivity contribution is 5.34. The van der Waals surface area contributed by atoms with Gasteiger partial charge < -0.3 is 14.2 Å². The van der Waals surface area contributed by atoms with Crippen molar-refractivity contribution in [1.29, 1.82) is 5.26 Å². The van der Waals surface area contributed by atoms with Crippen molar-refractivity contribution in [3.05, 3.63) is 24.3 Å². The Bertz CT molecular complexity index is 459. The maximum atomic E-state index is 9.36. The number of hydrogen-bond donors (Lipinski definition) is 0. The van der Waals surface area contributed by atoms with Crippen molar-refractivity contribution < 1.29 is 14.2 Å². The van der Waals surface area contributed by atoms with Gasteiger partial charge >= 0.3 is 0 Å². The number of benzene rings is 1. The Kier molecular flexibility index (Phi) is 4.28. The Labute approximate surface area is 113 Å². The first-order valence-corrected chi connectivity index (χ1v) is 6.58. The van der Waals surface area contributed by atoms with Crippen LogP contribution in [-0.4, -0.2) is 24.9 Å². The second-order valence-corrected chi connectivity index (χ2v) is 4.96. The van der Waals surface area contributed by atoms with Crippen LogP contribution in [0.5, 0.6) is 11.5 Å². The predicted octanol–water partition coefficient (Wildman–Crippen LogP) is 2.93. The molecular formula is C15H19NO3. The van der Waals surface area contributed by atoms with Gasteiger partial charge in [0, 0.05) is 18.9 Å². The molecule has 19 heavy (non-hydrogen) atoms. The molecule has 1 fully saturated rings. The second-order valence-electron chi connectivity index (χ2n) is 4.96. The summed E-state index contributed by atoms with van der Waals surface area (Å²) in [6.45, 7) is 5.08. The molecular weight excluding hydrogens is 242 g/mol. The SMILES string of the molecule is CC(C)Oc1cccc(OC2(C#N)CCOCC2)c1. The number of nitrogens with zero attached hydrogens (tertiary/aromatic N) is 1. The third-order valence-electron chi connectivity index (χ3n) is 2.99. The van der Waals surface area contributed by atoms with Gasteiger partial charge in [-0.05, 0) is 26.0 Å². The standard InChI is InChI=1S/C15H19NO3/c1-12(2)18-13-4-3-5-14(10-13)19-15(11-16)6-8-17-9-7-15/h3-5,10,12H,6-9H2,1-2H3. The van der Waals surface area contributed by atoms with Crippen molar-refractivity contribution in [2.45, 2.75) is 38.4 Å². The molecule has 0 atom stereocenters. The molecule has 0 bridgehead atoms. The van der Waals surface area contributed by atoms with Gasteiger partial charge in [-0.3, -0.25) is 0 Å². The molecule has 1 saturated heterocycles. The van der Waals surface area contributed by atoms with E-state index in [0.29, 0.717) is 31.8 Å². The fourth-order valence-corrected chi connectivity index (χ4v) is 2.05. The van der Waals surface area contributed by atoms with Crippen molar-refractivity contribution in [3.63, 3.8) is 0 Å². The van der Waals surface area contributed by atoms with E-state index in [4.69, 9.17) is 14.2 Å². The molecule has 1 aromatic carbocycles. The van der Waals surface area contributed by atoms with Gasteiger partial charge in [-0.2, -0.15) is 5.26 Å². The molecule has 1 aliphatic heterocycles. The van der Waals surface area contributed by atoms with Crippen molar-refractivity contribution in [2.75, 3.05) is 13.2 Å². The summed E-state index contributed by atoms with van der Waals surface area (Å²) in [6.07, 6.45) is 1.31. The summed E-state index contributed by atoms with van der Waals surface area (Å²) in [4.78, 5) is 0. The smallest absolute Gasteiger partial charge is 0.198 e. The Morgan fingerprint density at radius 2 is 1.95 bits per heavy atom. The fourth-order valence-electron chi connectivity index (χ4n) is 2.05. The Morgan fingerprint density at radius 1 is 1.26 bits per heavy atom. The van der Waals surface area contributed by atoms with E-state index >= 15 is 0 Å². The lowest BCUT2D eigenvalue weighted by Crippen LogP contribution is -2.40. The normalized spacial score (nSPS) is 17.8. The molecule has 0 radical (unpaired) electrons. The Morgan fingerprint density at radius 3 is 2.58 bits per heavy atom. The molecule has 0 aromatic heterocycles. The maximum Gasteiger partial charge on any atom is 0.198 e. The number of nitriles is 1. The molecule has 0 amide bonds. The van der Waals surface area contributed by atoms with Gasteiger partial charge in [0.1, 0.15) is 17.6 Å². The molecule has 4 heteroatoms. The molecule has 0 N–H and O–H groups in total. The van der Waals surface area contributed by atoms with Crippen LogP contribution in [0.15, 0.2) is 24.3 Å². The van der Waals surface area contributed by atoms with Gasteiger partial charge in [0.25, 0.3) is 0 Å². The van der Waals surface area contributed by atoms with Crippen LogP contribution in [-0.2, 0) is 4.74 Å². The van der Waals surface area contributed by atoms with E-state index in [1.807, 2.05) is 38.1 Å². The molecule has 4 nitrogen and oxygen atoms in total. The average Bonchev–Trinajstić information content (AvgIpc) is 2.39. The van der Waals surface area contributed by atoms with Crippen molar-refractivity contribution in [1.82, 2.24) is 0 Å². The molecule has 2 rings (SSSR count). The molecule has 1 aliphatic rings. The second kappa shape index (κ2) is 5.94.